The van der Waals surface area contributed by atoms with Crippen molar-refractivity contribution in [2.75, 3.05) is 13.7 Å². The van der Waals surface area contributed by atoms with Crippen LogP contribution >= 0.6 is 22.9 Å². The molecule has 3 nitrogen and oxygen atoms in total. The summed E-state index contributed by atoms with van der Waals surface area (Å²) >= 11 is 7.63. The fraction of sp³-hybridized carbons (Fsp3) is 0.333. The molecule has 108 valence electrons. The Morgan fingerprint density at radius 3 is 2.80 bits per heavy atom. The van der Waals surface area contributed by atoms with Crippen LogP contribution < -0.4 is 10.1 Å². The second kappa shape index (κ2) is 6.59. The van der Waals surface area contributed by atoms with E-state index < -0.39 is 5.60 Å². The van der Waals surface area contributed by atoms with E-state index in [4.69, 9.17) is 16.3 Å². The van der Waals surface area contributed by atoms with E-state index in [-0.39, 0.29) is 0 Å². The van der Waals surface area contributed by atoms with Gasteiger partial charge in [-0.2, -0.15) is 0 Å². The third kappa shape index (κ3) is 3.73. The van der Waals surface area contributed by atoms with Gasteiger partial charge < -0.3 is 15.2 Å². The van der Waals surface area contributed by atoms with Crippen molar-refractivity contribution < 1.29 is 9.84 Å². The van der Waals surface area contributed by atoms with Crippen molar-refractivity contribution in [2.24, 2.45) is 0 Å². The van der Waals surface area contributed by atoms with E-state index in [1.54, 1.807) is 18.4 Å². The molecule has 2 N–H and O–H groups in total. The molecule has 1 aromatic heterocycles. The van der Waals surface area contributed by atoms with E-state index >= 15 is 0 Å². The van der Waals surface area contributed by atoms with Crippen molar-refractivity contribution in [1.82, 2.24) is 5.32 Å². The van der Waals surface area contributed by atoms with E-state index in [1.807, 2.05) is 42.6 Å². The van der Waals surface area contributed by atoms with Crippen LogP contribution in [0.15, 0.2) is 35.7 Å². The summed E-state index contributed by atoms with van der Waals surface area (Å²) in [5.41, 5.74) is 0.197. The van der Waals surface area contributed by atoms with Gasteiger partial charge in [0.25, 0.3) is 0 Å². The van der Waals surface area contributed by atoms with E-state index in [0.29, 0.717) is 23.9 Å². The summed E-state index contributed by atoms with van der Waals surface area (Å²) < 4.78 is 5.12. The van der Waals surface area contributed by atoms with Gasteiger partial charge in [-0.15, -0.1) is 11.3 Å². The topological polar surface area (TPSA) is 41.5 Å². The Bertz CT molecular complexity index is 555. The Labute approximate surface area is 128 Å². The van der Waals surface area contributed by atoms with Crippen LogP contribution in [0.1, 0.15) is 17.4 Å². The Balaban J connectivity index is 1.91. The molecule has 20 heavy (non-hydrogen) atoms. The molecule has 2 rings (SSSR count). The number of nitrogens with one attached hydrogen (secondary N) is 1. The molecule has 1 unspecified atom stereocenters. The molecule has 0 aliphatic rings. The fourth-order valence-electron chi connectivity index (χ4n) is 1.94. The highest BCUT2D eigenvalue weighted by atomic mass is 35.5. The van der Waals surface area contributed by atoms with Gasteiger partial charge in [0.15, 0.2) is 0 Å². The molecule has 0 amide bonds. The smallest absolute Gasteiger partial charge is 0.137 e. The lowest BCUT2D eigenvalue weighted by Gasteiger charge is -2.22. The zero-order chi connectivity index (χ0) is 14.6. The largest absolute Gasteiger partial charge is 0.495 e. The third-order valence-corrected chi connectivity index (χ3v) is 4.48. The summed E-state index contributed by atoms with van der Waals surface area (Å²) in [7, 11) is 1.59. The number of benzene rings is 1. The molecule has 0 spiro atoms. The molecule has 0 saturated carbocycles. The molecule has 0 aliphatic heterocycles. The van der Waals surface area contributed by atoms with Gasteiger partial charge >= 0.3 is 0 Å². The molecule has 0 bridgehead atoms. The van der Waals surface area contributed by atoms with Crippen LogP contribution in [0.4, 0.5) is 0 Å². The minimum Gasteiger partial charge on any atom is -0.495 e. The van der Waals surface area contributed by atoms with Crippen LogP contribution in [0, 0.1) is 0 Å². The summed E-state index contributed by atoms with van der Waals surface area (Å²) in [5.74, 6) is 0.668. The SMILES string of the molecule is COc1ccc(CNCC(C)(O)c2cccs2)cc1Cl. The number of thiophene rings is 1. The zero-order valence-electron chi connectivity index (χ0n) is 11.5. The first kappa shape index (κ1) is 15.3. The van der Waals surface area contributed by atoms with Crippen LogP contribution in [0.25, 0.3) is 0 Å². The molecular weight excluding hydrogens is 294 g/mol. The average Bonchev–Trinajstić information content (AvgIpc) is 2.93. The van der Waals surface area contributed by atoms with Gasteiger partial charge in [0.2, 0.25) is 0 Å². The van der Waals surface area contributed by atoms with Crippen LogP contribution in [0.2, 0.25) is 5.02 Å². The quantitative estimate of drug-likeness (QED) is 0.859. The molecule has 1 aromatic carbocycles. The van der Waals surface area contributed by atoms with Crippen molar-refractivity contribution >= 4 is 22.9 Å². The number of hydrogen-bond donors (Lipinski definition) is 2. The lowest BCUT2D eigenvalue weighted by molar-refractivity contribution is 0.0604. The van der Waals surface area contributed by atoms with Gasteiger partial charge in [-0.1, -0.05) is 23.7 Å². The van der Waals surface area contributed by atoms with Gasteiger partial charge in [0.05, 0.1) is 12.1 Å². The fourth-order valence-corrected chi connectivity index (χ4v) is 3.01. The average molecular weight is 312 g/mol. The summed E-state index contributed by atoms with van der Waals surface area (Å²) in [5, 5.41) is 16.2. The van der Waals surface area contributed by atoms with Crippen LogP contribution in [-0.4, -0.2) is 18.8 Å². The Morgan fingerprint density at radius 2 is 2.20 bits per heavy atom. The first-order chi connectivity index (χ1) is 9.53. The maximum absolute atomic E-state index is 10.4. The molecule has 2 aromatic rings. The van der Waals surface area contributed by atoms with Gasteiger partial charge in [0.1, 0.15) is 11.4 Å². The molecule has 0 fully saturated rings. The van der Waals surface area contributed by atoms with Crippen molar-refractivity contribution in [1.29, 1.82) is 0 Å². The number of hydrogen-bond acceptors (Lipinski definition) is 4. The zero-order valence-corrected chi connectivity index (χ0v) is 13.1. The normalized spacial score (nSPS) is 14.0. The van der Waals surface area contributed by atoms with Crippen LogP contribution in [0.5, 0.6) is 5.75 Å². The summed E-state index contributed by atoms with van der Waals surface area (Å²) in [6.45, 7) is 2.94. The second-order valence-electron chi connectivity index (χ2n) is 4.82. The summed E-state index contributed by atoms with van der Waals surface area (Å²) in [6, 6.07) is 9.55. The van der Waals surface area contributed by atoms with Crippen LogP contribution in [0.3, 0.4) is 0 Å². The molecule has 1 atom stereocenters. The first-order valence-electron chi connectivity index (χ1n) is 6.32. The number of rotatable bonds is 6. The van der Waals surface area contributed by atoms with Crippen molar-refractivity contribution in [2.45, 2.75) is 19.1 Å². The number of aliphatic hydroxyl groups is 1. The summed E-state index contributed by atoms with van der Waals surface area (Å²) in [6.07, 6.45) is 0. The minimum atomic E-state index is -0.857. The van der Waals surface area contributed by atoms with Gasteiger partial charge in [-0.3, -0.25) is 0 Å². The van der Waals surface area contributed by atoms with Gasteiger partial charge in [-0.05, 0) is 36.1 Å². The Morgan fingerprint density at radius 1 is 1.40 bits per heavy atom. The second-order valence-corrected chi connectivity index (χ2v) is 6.18. The Kier molecular flexibility index (Phi) is 5.05. The number of methoxy groups -OCH3 is 1. The molecule has 5 heteroatoms. The maximum atomic E-state index is 10.4. The van der Waals surface area contributed by atoms with Gasteiger partial charge in [0, 0.05) is 18.0 Å². The highest BCUT2D eigenvalue weighted by Crippen LogP contribution is 2.26. The third-order valence-electron chi connectivity index (χ3n) is 3.07. The lowest BCUT2D eigenvalue weighted by atomic mass is 10.1. The Hall–Kier alpha value is -1.07. The minimum absolute atomic E-state index is 0.483. The standard InChI is InChI=1S/C15H18ClNO2S/c1-15(18,14-4-3-7-20-14)10-17-9-11-5-6-13(19-2)12(16)8-11/h3-8,17-18H,9-10H2,1-2H3. The molecule has 1 heterocycles. The number of ether oxygens (including phenoxy) is 1. The van der Waals surface area contributed by atoms with Gasteiger partial charge in [-0.25, -0.2) is 0 Å². The maximum Gasteiger partial charge on any atom is 0.137 e. The van der Waals surface area contributed by atoms with E-state index in [2.05, 4.69) is 5.32 Å². The predicted molar refractivity (Wildman–Crippen MR) is 83.6 cm³/mol. The number of halogens is 1. The van der Waals surface area contributed by atoms with E-state index in [1.165, 1.54) is 0 Å². The van der Waals surface area contributed by atoms with Crippen LogP contribution in [-0.2, 0) is 12.1 Å². The lowest BCUT2D eigenvalue weighted by Crippen LogP contribution is -2.34. The van der Waals surface area contributed by atoms with Crippen molar-refractivity contribution in [3.05, 3.63) is 51.2 Å². The predicted octanol–water partition coefficient (Wildman–Crippen LogP) is 3.41. The van der Waals surface area contributed by atoms with E-state index in [9.17, 15) is 5.11 Å². The summed E-state index contributed by atoms with van der Waals surface area (Å²) in [4.78, 5) is 0.956. The molecule has 0 aliphatic carbocycles. The van der Waals surface area contributed by atoms with Crippen molar-refractivity contribution in [3.63, 3.8) is 0 Å². The highest BCUT2D eigenvalue weighted by Gasteiger charge is 2.23. The molecule has 0 saturated heterocycles. The van der Waals surface area contributed by atoms with Crippen molar-refractivity contribution in [3.8, 4) is 5.75 Å². The first-order valence-corrected chi connectivity index (χ1v) is 7.58. The molecular formula is C15H18ClNO2S. The van der Waals surface area contributed by atoms with E-state index in [0.717, 1.165) is 10.4 Å². The molecule has 0 radical (unpaired) electrons. The monoisotopic (exact) mass is 311 g/mol. The highest BCUT2D eigenvalue weighted by molar-refractivity contribution is 7.10.